The van der Waals surface area contributed by atoms with E-state index in [2.05, 4.69) is 10.4 Å². The molecule has 3 heterocycles. The summed E-state index contributed by atoms with van der Waals surface area (Å²) in [4.78, 5) is 19.2. The number of carbonyl (C=O) groups is 1. The van der Waals surface area contributed by atoms with E-state index in [1.54, 1.807) is 11.3 Å². The number of likely N-dealkylation sites (tertiary alicyclic amines) is 1. The van der Waals surface area contributed by atoms with Crippen LogP contribution in [-0.2, 0) is 14.3 Å². The van der Waals surface area contributed by atoms with Crippen LogP contribution >= 0.6 is 11.3 Å². The molecule has 2 fully saturated rings. The largest absolute Gasteiger partial charge is 0.376 e. The number of carbonyl (C=O) groups excluding carboxylic acids is 1. The van der Waals surface area contributed by atoms with Gasteiger partial charge in [0.05, 0.1) is 17.7 Å². The lowest BCUT2D eigenvalue weighted by Gasteiger charge is -2.33. The molecule has 2 saturated heterocycles. The predicted molar refractivity (Wildman–Crippen MR) is 89.8 cm³/mol. The van der Waals surface area contributed by atoms with Crippen LogP contribution in [0, 0.1) is 6.92 Å². The van der Waals surface area contributed by atoms with Crippen LogP contribution in [0.5, 0.6) is 0 Å². The minimum absolute atomic E-state index is 0.0981. The molecular weight excluding hydrogens is 312 g/mol. The predicted octanol–water partition coefficient (Wildman–Crippen LogP) is 2.74. The number of amides is 1. The molecule has 0 unspecified atom stereocenters. The number of piperidine rings is 1. The van der Waals surface area contributed by atoms with Crippen molar-refractivity contribution in [3.8, 4) is 0 Å². The van der Waals surface area contributed by atoms with E-state index in [4.69, 9.17) is 9.47 Å². The van der Waals surface area contributed by atoms with Gasteiger partial charge < -0.3 is 14.4 Å². The van der Waals surface area contributed by atoms with Crippen molar-refractivity contribution >= 4 is 17.2 Å². The average Bonchev–Trinajstić information content (AvgIpc) is 3.23. The fourth-order valence-electron chi connectivity index (χ4n) is 3.29. The summed E-state index contributed by atoms with van der Waals surface area (Å²) in [5.74, 6) is 0.470. The monoisotopic (exact) mass is 338 g/mol. The Morgan fingerprint density at radius 3 is 3.09 bits per heavy atom. The van der Waals surface area contributed by atoms with Crippen molar-refractivity contribution in [2.45, 2.75) is 57.7 Å². The van der Waals surface area contributed by atoms with Crippen LogP contribution in [0.15, 0.2) is 5.38 Å². The summed E-state index contributed by atoms with van der Waals surface area (Å²) in [7, 11) is 0. The number of aryl methyl sites for hydroxylation is 1. The van der Waals surface area contributed by atoms with Gasteiger partial charge in [-0.25, -0.2) is 4.98 Å². The van der Waals surface area contributed by atoms with E-state index in [1.807, 2.05) is 18.7 Å². The SMILES string of the molecule is Cc1csc([C@@H]2CCCN(C(=O)[C@H](C)OC[C@H]3CCCO3)C2)n1. The Morgan fingerprint density at radius 1 is 1.52 bits per heavy atom. The molecule has 1 aromatic rings. The van der Waals surface area contributed by atoms with E-state index in [0.717, 1.165) is 56.1 Å². The molecule has 3 atom stereocenters. The minimum Gasteiger partial charge on any atom is -0.376 e. The van der Waals surface area contributed by atoms with Crippen molar-refractivity contribution in [3.63, 3.8) is 0 Å². The number of nitrogens with zero attached hydrogens (tertiary/aromatic N) is 2. The van der Waals surface area contributed by atoms with Crippen molar-refractivity contribution in [2.24, 2.45) is 0 Å². The van der Waals surface area contributed by atoms with Crippen molar-refractivity contribution in [3.05, 3.63) is 16.1 Å². The Morgan fingerprint density at radius 2 is 2.39 bits per heavy atom. The standard InChI is InChI=1S/C17H26N2O3S/c1-12-11-23-16(18-12)14-5-3-7-19(9-14)17(20)13(2)22-10-15-6-4-8-21-15/h11,13-15H,3-10H2,1-2H3/t13-,14+,15+/m0/s1. The van der Waals surface area contributed by atoms with E-state index in [0.29, 0.717) is 12.5 Å². The highest BCUT2D eigenvalue weighted by Gasteiger charge is 2.29. The van der Waals surface area contributed by atoms with Crippen molar-refractivity contribution in [2.75, 3.05) is 26.3 Å². The molecule has 0 spiro atoms. The maximum absolute atomic E-state index is 12.6. The summed E-state index contributed by atoms with van der Waals surface area (Å²) < 4.78 is 11.3. The summed E-state index contributed by atoms with van der Waals surface area (Å²) in [6.07, 6.45) is 4.05. The normalized spacial score (nSPS) is 26.4. The molecule has 0 saturated carbocycles. The molecular formula is C17H26N2O3S. The van der Waals surface area contributed by atoms with Crippen LogP contribution in [0.3, 0.4) is 0 Å². The molecule has 1 aromatic heterocycles. The molecule has 1 amide bonds. The Balaban J connectivity index is 1.51. The maximum Gasteiger partial charge on any atom is 0.251 e. The Hall–Kier alpha value is -0.980. The molecule has 0 aliphatic carbocycles. The van der Waals surface area contributed by atoms with Gasteiger partial charge in [-0.3, -0.25) is 4.79 Å². The molecule has 0 N–H and O–H groups in total. The summed E-state index contributed by atoms with van der Waals surface area (Å²) in [5.41, 5.74) is 1.07. The zero-order chi connectivity index (χ0) is 16.2. The first-order valence-corrected chi connectivity index (χ1v) is 9.45. The number of hydrogen-bond acceptors (Lipinski definition) is 5. The third-order valence-electron chi connectivity index (χ3n) is 4.62. The molecule has 0 radical (unpaired) electrons. The lowest BCUT2D eigenvalue weighted by molar-refractivity contribution is -0.145. The van der Waals surface area contributed by atoms with E-state index < -0.39 is 6.10 Å². The number of rotatable bonds is 5. The van der Waals surface area contributed by atoms with E-state index in [9.17, 15) is 4.79 Å². The zero-order valence-electron chi connectivity index (χ0n) is 14.0. The molecule has 0 aromatic carbocycles. The minimum atomic E-state index is -0.393. The van der Waals surface area contributed by atoms with Gasteiger partial charge in [0.2, 0.25) is 0 Å². The summed E-state index contributed by atoms with van der Waals surface area (Å²) in [6.45, 7) is 6.81. The number of thiazole rings is 1. The van der Waals surface area contributed by atoms with Crippen LogP contribution in [0.4, 0.5) is 0 Å². The lowest BCUT2D eigenvalue weighted by Crippen LogP contribution is -2.44. The second-order valence-corrected chi connectivity index (χ2v) is 7.45. The first-order chi connectivity index (χ1) is 11.1. The van der Waals surface area contributed by atoms with Gasteiger partial charge in [0.25, 0.3) is 5.91 Å². The van der Waals surface area contributed by atoms with Gasteiger partial charge in [-0.2, -0.15) is 0 Å². The molecule has 128 valence electrons. The first kappa shape index (κ1) is 16.9. The summed E-state index contributed by atoms with van der Waals surface area (Å²) in [5, 5.41) is 3.25. The highest BCUT2D eigenvalue weighted by Crippen LogP contribution is 2.29. The maximum atomic E-state index is 12.6. The Kier molecular flexibility index (Phi) is 5.67. The van der Waals surface area contributed by atoms with Gasteiger partial charge in [-0.05, 0) is 39.5 Å². The molecule has 23 heavy (non-hydrogen) atoms. The van der Waals surface area contributed by atoms with Gasteiger partial charge in [-0.1, -0.05) is 0 Å². The van der Waals surface area contributed by atoms with Crippen molar-refractivity contribution < 1.29 is 14.3 Å². The smallest absolute Gasteiger partial charge is 0.251 e. The third-order valence-corrected chi connectivity index (χ3v) is 5.75. The number of aromatic nitrogens is 1. The van der Waals surface area contributed by atoms with E-state index in [1.165, 1.54) is 0 Å². The van der Waals surface area contributed by atoms with Crippen molar-refractivity contribution in [1.82, 2.24) is 9.88 Å². The van der Waals surface area contributed by atoms with Gasteiger partial charge in [0, 0.05) is 36.7 Å². The number of ether oxygens (including phenoxy) is 2. The fraction of sp³-hybridized carbons (Fsp3) is 0.765. The topological polar surface area (TPSA) is 51.7 Å². The molecule has 0 bridgehead atoms. The molecule has 6 heteroatoms. The van der Waals surface area contributed by atoms with Crippen LogP contribution < -0.4 is 0 Å². The third kappa shape index (κ3) is 4.31. The second kappa shape index (κ2) is 7.73. The Labute approximate surface area is 142 Å². The molecule has 3 rings (SSSR count). The summed E-state index contributed by atoms with van der Waals surface area (Å²) >= 11 is 1.71. The van der Waals surface area contributed by atoms with Crippen LogP contribution in [0.1, 0.15) is 49.2 Å². The quantitative estimate of drug-likeness (QED) is 0.828. The fourth-order valence-corrected chi connectivity index (χ4v) is 4.22. The first-order valence-electron chi connectivity index (χ1n) is 8.57. The highest BCUT2D eigenvalue weighted by molar-refractivity contribution is 7.09. The van der Waals surface area contributed by atoms with Gasteiger partial charge in [0.1, 0.15) is 6.10 Å². The molecule has 2 aliphatic heterocycles. The van der Waals surface area contributed by atoms with Gasteiger partial charge in [-0.15, -0.1) is 11.3 Å². The summed E-state index contributed by atoms with van der Waals surface area (Å²) in [6, 6.07) is 0. The van der Waals surface area contributed by atoms with Crippen LogP contribution in [0.2, 0.25) is 0 Å². The van der Waals surface area contributed by atoms with Crippen LogP contribution in [-0.4, -0.2) is 54.3 Å². The molecule has 2 aliphatic rings. The van der Waals surface area contributed by atoms with Gasteiger partial charge >= 0.3 is 0 Å². The Bertz CT molecular complexity index is 528. The van der Waals surface area contributed by atoms with E-state index in [-0.39, 0.29) is 12.0 Å². The van der Waals surface area contributed by atoms with Gasteiger partial charge in [0.15, 0.2) is 0 Å². The highest BCUT2D eigenvalue weighted by atomic mass is 32.1. The lowest BCUT2D eigenvalue weighted by atomic mass is 9.98. The van der Waals surface area contributed by atoms with Crippen molar-refractivity contribution in [1.29, 1.82) is 0 Å². The number of hydrogen-bond donors (Lipinski definition) is 0. The molecule has 5 nitrogen and oxygen atoms in total. The average molecular weight is 338 g/mol. The second-order valence-electron chi connectivity index (χ2n) is 6.56. The van der Waals surface area contributed by atoms with E-state index >= 15 is 0 Å². The zero-order valence-corrected chi connectivity index (χ0v) is 14.8. The van der Waals surface area contributed by atoms with Crippen LogP contribution in [0.25, 0.3) is 0 Å².